The van der Waals surface area contributed by atoms with E-state index in [4.69, 9.17) is 16.3 Å². The van der Waals surface area contributed by atoms with E-state index in [1.165, 1.54) is 6.92 Å². The number of aliphatic imine (C=N–C) groups is 1. The van der Waals surface area contributed by atoms with Gasteiger partial charge in [0.25, 0.3) is 11.8 Å². The summed E-state index contributed by atoms with van der Waals surface area (Å²) in [5.41, 5.74) is 0.962. The van der Waals surface area contributed by atoms with E-state index in [0.717, 1.165) is 5.56 Å². The van der Waals surface area contributed by atoms with Gasteiger partial charge in [-0.15, -0.1) is 0 Å². The van der Waals surface area contributed by atoms with E-state index in [-0.39, 0.29) is 17.6 Å². The third-order valence-corrected chi connectivity index (χ3v) is 6.77. The van der Waals surface area contributed by atoms with Crippen molar-refractivity contribution in [1.29, 1.82) is 0 Å². The Balaban J connectivity index is 1.68. The molecule has 1 aromatic carbocycles. The number of carbonyl (C=O) groups excluding carboxylic acids is 3. The number of fused-ring (bicyclic) bond motifs is 2. The molecule has 9 heteroatoms. The lowest BCUT2D eigenvalue weighted by Crippen LogP contribution is -2.60. The van der Waals surface area contributed by atoms with Gasteiger partial charge in [-0.3, -0.25) is 19.4 Å². The molecule has 8 nitrogen and oxygen atoms in total. The fourth-order valence-corrected chi connectivity index (χ4v) is 4.99. The monoisotopic (exact) mass is 466 g/mol. The number of ketones is 1. The van der Waals surface area contributed by atoms with Crippen molar-refractivity contribution in [3.05, 3.63) is 69.7 Å². The van der Waals surface area contributed by atoms with Gasteiger partial charge in [0, 0.05) is 41.7 Å². The summed E-state index contributed by atoms with van der Waals surface area (Å²) < 4.78 is 7.43. The van der Waals surface area contributed by atoms with Gasteiger partial charge >= 0.3 is 0 Å². The molecule has 1 aromatic heterocycles. The molecule has 3 aliphatic heterocycles. The first-order valence-corrected chi connectivity index (χ1v) is 11.2. The lowest BCUT2D eigenvalue weighted by molar-refractivity contribution is -0.136. The summed E-state index contributed by atoms with van der Waals surface area (Å²) >= 11 is 6.15. The molecule has 0 aliphatic carbocycles. The predicted octanol–water partition coefficient (Wildman–Crippen LogP) is 2.87. The van der Waals surface area contributed by atoms with Crippen molar-refractivity contribution in [3.63, 3.8) is 0 Å². The van der Waals surface area contributed by atoms with Crippen molar-refractivity contribution in [2.75, 3.05) is 26.2 Å². The number of amides is 2. The Kier molecular flexibility index (Phi) is 5.12. The van der Waals surface area contributed by atoms with Crippen molar-refractivity contribution in [3.8, 4) is 0 Å². The van der Waals surface area contributed by atoms with E-state index in [1.807, 2.05) is 12.1 Å². The van der Waals surface area contributed by atoms with Gasteiger partial charge in [-0.2, -0.15) is 0 Å². The molecule has 2 amide bonds. The highest BCUT2D eigenvalue weighted by atomic mass is 35.5. The van der Waals surface area contributed by atoms with Crippen LogP contribution in [-0.4, -0.2) is 64.4 Å². The Morgan fingerprint density at radius 1 is 1.18 bits per heavy atom. The summed E-state index contributed by atoms with van der Waals surface area (Å²) in [6.45, 7) is 5.11. The zero-order valence-corrected chi connectivity index (χ0v) is 19.1. The summed E-state index contributed by atoms with van der Waals surface area (Å²) in [5, 5.41) is 0.558. The van der Waals surface area contributed by atoms with E-state index in [0.29, 0.717) is 60.4 Å². The van der Waals surface area contributed by atoms with Gasteiger partial charge < -0.3 is 19.1 Å². The number of hydrogen-bond acceptors (Lipinski definition) is 5. The van der Waals surface area contributed by atoms with Crippen molar-refractivity contribution < 1.29 is 19.1 Å². The van der Waals surface area contributed by atoms with E-state index in [2.05, 4.69) is 4.99 Å². The molecule has 5 rings (SSSR count). The maximum absolute atomic E-state index is 13.9. The van der Waals surface area contributed by atoms with Gasteiger partial charge in [-0.05, 0) is 32.0 Å². The van der Waals surface area contributed by atoms with Gasteiger partial charge in [-0.25, -0.2) is 0 Å². The van der Waals surface area contributed by atoms with Crippen LogP contribution < -0.4 is 0 Å². The van der Waals surface area contributed by atoms with Gasteiger partial charge in [0.05, 0.1) is 18.7 Å². The second-order valence-corrected chi connectivity index (χ2v) is 8.83. The molecule has 0 N–H and O–H groups in total. The molecule has 1 fully saturated rings. The van der Waals surface area contributed by atoms with E-state index >= 15 is 0 Å². The predicted molar refractivity (Wildman–Crippen MR) is 122 cm³/mol. The first-order chi connectivity index (χ1) is 15.8. The number of Topliss-reactive ketones (excluding diaryl/α,β-unsaturated/α-hetero) is 1. The van der Waals surface area contributed by atoms with Gasteiger partial charge in [0.2, 0.25) is 0 Å². The minimum Gasteiger partial charge on any atom is -0.495 e. The van der Waals surface area contributed by atoms with E-state index in [1.54, 1.807) is 51.9 Å². The van der Waals surface area contributed by atoms with Crippen LogP contribution in [0.25, 0.3) is 0 Å². The lowest BCUT2D eigenvalue weighted by atomic mass is 9.93. The van der Waals surface area contributed by atoms with Crippen LogP contribution in [0.5, 0.6) is 0 Å². The highest BCUT2D eigenvalue weighted by Gasteiger charge is 2.56. The van der Waals surface area contributed by atoms with Crippen LogP contribution in [0.2, 0.25) is 5.02 Å². The molecule has 2 aromatic rings. The minimum atomic E-state index is -1.08. The van der Waals surface area contributed by atoms with Gasteiger partial charge in [0.15, 0.2) is 11.4 Å². The molecular weight excluding hydrogens is 444 g/mol. The quantitative estimate of drug-likeness (QED) is 0.651. The summed E-state index contributed by atoms with van der Waals surface area (Å²) in [6, 6.07) is 8.81. The lowest BCUT2D eigenvalue weighted by Gasteiger charge is -2.47. The number of hydrogen-bond donors (Lipinski definition) is 0. The maximum Gasteiger partial charge on any atom is 0.272 e. The Hall–Kier alpha value is -3.39. The number of aromatic nitrogens is 1. The zero-order valence-electron chi connectivity index (χ0n) is 18.4. The van der Waals surface area contributed by atoms with E-state index < -0.39 is 5.66 Å². The number of benzene rings is 1. The van der Waals surface area contributed by atoms with Crippen LogP contribution in [0.4, 0.5) is 0 Å². The molecule has 3 aliphatic rings. The molecule has 0 bridgehead atoms. The average molecular weight is 467 g/mol. The van der Waals surface area contributed by atoms with Crippen LogP contribution in [0.1, 0.15) is 40.3 Å². The minimum absolute atomic E-state index is 0.120. The molecule has 1 unspecified atom stereocenters. The van der Waals surface area contributed by atoms with Crippen LogP contribution in [0, 0.1) is 0 Å². The smallest absolute Gasteiger partial charge is 0.272 e. The summed E-state index contributed by atoms with van der Waals surface area (Å²) in [7, 11) is 0. The first kappa shape index (κ1) is 21.5. The zero-order chi connectivity index (χ0) is 23.3. The van der Waals surface area contributed by atoms with Crippen LogP contribution in [0.15, 0.2) is 52.9 Å². The third-order valence-electron chi connectivity index (χ3n) is 6.52. The molecule has 170 valence electrons. The SMILES string of the molecule is CC(=O)c1cc2n(c1)CC1(c3ccc(Cl)cc3)N(C(=O)C3=C(C)OCCN=C3)CCN1C2=O. The molecule has 1 atom stereocenters. The number of halogens is 1. The Morgan fingerprint density at radius 3 is 2.67 bits per heavy atom. The van der Waals surface area contributed by atoms with Crippen LogP contribution >= 0.6 is 11.6 Å². The standard InChI is InChI=1S/C24H23ClN4O4/c1-15(30)17-11-21-23(32)29-9-8-28(22(31)20-12-26-7-10-33-16(20)2)24(29,14-27(21)13-17)18-3-5-19(25)6-4-18/h3-6,11-13H,7-10,14H2,1-2H3. The topological polar surface area (TPSA) is 84.2 Å². The number of ether oxygens (including phenoxy) is 1. The fraction of sp³-hybridized carbons (Fsp3) is 0.333. The van der Waals surface area contributed by atoms with Crippen molar-refractivity contribution in [2.45, 2.75) is 26.1 Å². The largest absolute Gasteiger partial charge is 0.495 e. The number of allylic oxidation sites excluding steroid dienone is 1. The molecule has 0 radical (unpaired) electrons. The van der Waals surface area contributed by atoms with Crippen molar-refractivity contribution >= 4 is 35.4 Å². The third kappa shape index (κ3) is 3.28. The first-order valence-electron chi connectivity index (χ1n) is 10.8. The normalized spacial score (nSPS) is 22.1. The average Bonchev–Trinajstić information content (AvgIpc) is 3.32. The molecule has 1 saturated heterocycles. The fourth-order valence-electron chi connectivity index (χ4n) is 4.86. The molecule has 0 saturated carbocycles. The highest BCUT2D eigenvalue weighted by Crippen LogP contribution is 2.44. The molecule has 4 heterocycles. The Bertz CT molecular complexity index is 1230. The summed E-state index contributed by atoms with van der Waals surface area (Å²) in [6.07, 6.45) is 3.24. The van der Waals surface area contributed by atoms with Crippen LogP contribution in [-0.2, 0) is 21.7 Å². The molecular formula is C24H23ClN4O4. The second-order valence-electron chi connectivity index (χ2n) is 8.39. The molecule has 33 heavy (non-hydrogen) atoms. The van der Waals surface area contributed by atoms with Crippen LogP contribution in [0.3, 0.4) is 0 Å². The number of carbonyl (C=O) groups is 3. The maximum atomic E-state index is 13.9. The highest BCUT2D eigenvalue weighted by molar-refractivity contribution is 6.30. The van der Waals surface area contributed by atoms with E-state index in [9.17, 15) is 14.4 Å². The van der Waals surface area contributed by atoms with Crippen molar-refractivity contribution in [2.24, 2.45) is 4.99 Å². The number of rotatable bonds is 3. The second kappa shape index (κ2) is 7.88. The Morgan fingerprint density at radius 2 is 1.94 bits per heavy atom. The number of nitrogens with zero attached hydrogens (tertiary/aromatic N) is 4. The summed E-state index contributed by atoms with van der Waals surface area (Å²) in [5.74, 6) is -0.0965. The van der Waals surface area contributed by atoms with Gasteiger partial charge in [-0.1, -0.05) is 23.7 Å². The van der Waals surface area contributed by atoms with Gasteiger partial charge in [0.1, 0.15) is 18.1 Å². The van der Waals surface area contributed by atoms with Crippen molar-refractivity contribution in [1.82, 2.24) is 14.4 Å². The molecule has 0 spiro atoms. The summed E-state index contributed by atoms with van der Waals surface area (Å²) in [4.78, 5) is 47.2. The Labute approximate surface area is 196 Å².